The standard InChI is InChI=1S/C28H32BrNO6/c1-5-34-23-9-8-16(13-24(23)33-4)17-11-21-27(22(31)12-17)19(15-26(32)30-21)18-10-20(29)28(36-7-3)25(14-18)35-6-2/h8-10,13-14,17,19H,5-7,11-12,15H2,1-4H3,(H,30,32). The largest absolute Gasteiger partial charge is 0.493 e. The lowest BCUT2D eigenvalue weighted by atomic mass is 9.73. The molecule has 1 aliphatic heterocycles. The number of hydrogen-bond acceptors (Lipinski definition) is 6. The molecule has 2 atom stereocenters. The molecule has 0 spiro atoms. The van der Waals surface area contributed by atoms with Gasteiger partial charge in [0.15, 0.2) is 28.8 Å². The number of methoxy groups -OCH3 is 1. The van der Waals surface area contributed by atoms with Gasteiger partial charge in [0.05, 0.1) is 31.4 Å². The molecule has 2 aliphatic rings. The molecule has 1 heterocycles. The van der Waals surface area contributed by atoms with Crippen molar-refractivity contribution in [3.8, 4) is 23.0 Å². The Morgan fingerprint density at radius 2 is 1.56 bits per heavy atom. The fraction of sp³-hybridized carbons (Fsp3) is 0.429. The van der Waals surface area contributed by atoms with Crippen LogP contribution < -0.4 is 24.3 Å². The van der Waals surface area contributed by atoms with Crippen molar-refractivity contribution in [2.75, 3.05) is 26.9 Å². The third-order valence-electron chi connectivity index (χ3n) is 6.52. The highest BCUT2D eigenvalue weighted by molar-refractivity contribution is 9.10. The molecule has 36 heavy (non-hydrogen) atoms. The number of halogens is 1. The van der Waals surface area contributed by atoms with Gasteiger partial charge >= 0.3 is 0 Å². The molecule has 0 bridgehead atoms. The molecule has 0 fully saturated rings. The number of Topliss-reactive ketones (excluding diaryl/α,β-unsaturated/α-hetero) is 1. The second kappa shape index (κ2) is 11.4. The molecular weight excluding hydrogens is 526 g/mol. The summed E-state index contributed by atoms with van der Waals surface area (Å²) in [6.07, 6.45) is 1.13. The molecule has 2 unspecified atom stereocenters. The van der Waals surface area contributed by atoms with Crippen LogP contribution in [0.3, 0.4) is 0 Å². The first-order chi connectivity index (χ1) is 17.4. The van der Waals surface area contributed by atoms with E-state index >= 15 is 0 Å². The first-order valence-electron chi connectivity index (χ1n) is 12.4. The van der Waals surface area contributed by atoms with E-state index < -0.39 is 0 Å². The Balaban J connectivity index is 1.70. The van der Waals surface area contributed by atoms with Gasteiger partial charge in [0.25, 0.3) is 0 Å². The first-order valence-corrected chi connectivity index (χ1v) is 13.1. The number of ketones is 1. The van der Waals surface area contributed by atoms with Gasteiger partial charge in [-0.3, -0.25) is 9.59 Å². The van der Waals surface area contributed by atoms with Gasteiger partial charge in [-0.25, -0.2) is 0 Å². The van der Waals surface area contributed by atoms with Gasteiger partial charge in [-0.05, 0) is 84.4 Å². The van der Waals surface area contributed by atoms with Crippen LogP contribution in [0.4, 0.5) is 0 Å². The second-order valence-corrected chi connectivity index (χ2v) is 9.62. The Bertz CT molecular complexity index is 1190. The molecule has 1 N–H and O–H groups in total. The summed E-state index contributed by atoms with van der Waals surface area (Å²) in [7, 11) is 1.60. The van der Waals surface area contributed by atoms with E-state index in [4.69, 9.17) is 18.9 Å². The molecule has 0 saturated heterocycles. The van der Waals surface area contributed by atoms with Gasteiger partial charge in [0.1, 0.15) is 0 Å². The van der Waals surface area contributed by atoms with Crippen molar-refractivity contribution >= 4 is 27.6 Å². The van der Waals surface area contributed by atoms with Crippen LogP contribution in [0.5, 0.6) is 23.0 Å². The molecule has 0 saturated carbocycles. The summed E-state index contributed by atoms with van der Waals surface area (Å²) < 4.78 is 23.5. The van der Waals surface area contributed by atoms with Crippen LogP contribution in [0.25, 0.3) is 0 Å². The number of carbonyl (C=O) groups excluding carboxylic acids is 2. The molecule has 192 valence electrons. The lowest BCUT2D eigenvalue weighted by molar-refractivity contribution is -0.122. The summed E-state index contributed by atoms with van der Waals surface area (Å²) in [4.78, 5) is 26.3. The van der Waals surface area contributed by atoms with E-state index in [-0.39, 0.29) is 29.9 Å². The van der Waals surface area contributed by atoms with E-state index in [1.165, 1.54) is 0 Å². The lowest BCUT2D eigenvalue weighted by Crippen LogP contribution is -2.38. The molecule has 2 aromatic rings. The summed E-state index contributed by atoms with van der Waals surface area (Å²) in [6.45, 7) is 7.25. The zero-order chi connectivity index (χ0) is 25.8. The predicted molar refractivity (Wildman–Crippen MR) is 140 cm³/mol. The number of benzene rings is 2. The van der Waals surface area contributed by atoms with Gasteiger partial charge < -0.3 is 24.3 Å². The highest BCUT2D eigenvalue weighted by Crippen LogP contribution is 2.46. The van der Waals surface area contributed by atoms with Gasteiger partial charge in [-0.2, -0.15) is 0 Å². The van der Waals surface area contributed by atoms with Crippen LogP contribution in [-0.4, -0.2) is 38.6 Å². The van der Waals surface area contributed by atoms with Crippen LogP contribution in [-0.2, 0) is 9.59 Å². The van der Waals surface area contributed by atoms with Crippen molar-refractivity contribution in [3.05, 3.63) is 57.2 Å². The number of amides is 1. The minimum absolute atomic E-state index is 0.0436. The van der Waals surface area contributed by atoms with Crippen LogP contribution >= 0.6 is 15.9 Å². The van der Waals surface area contributed by atoms with Crippen LogP contribution in [0.1, 0.15) is 63.0 Å². The lowest BCUT2D eigenvalue weighted by Gasteiger charge is -2.35. The molecule has 1 aliphatic carbocycles. The average Bonchev–Trinajstić information content (AvgIpc) is 2.85. The van der Waals surface area contributed by atoms with Crippen LogP contribution in [0.2, 0.25) is 0 Å². The predicted octanol–water partition coefficient (Wildman–Crippen LogP) is 5.66. The quantitative estimate of drug-likeness (QED) is 0.428. The summed E-state index contributed by atoms with van der Waals surface area (Å²) in [6, 6.07) is 9.59. The Kier molecular flexibility index (Phi) is 8.24. The molecule has 7 nitrogen and oxygen atoms in total. The Labute approximate surface area is 220 Å². The van der Waals surface area contributed by atoms with Crippen LogP contribution in [0.15, 0.2) is 46.1 Å². The van der Waals surface area contributed by atoms with Gasteiger partial charge in [-0.1, -0.05) is 6.07 Å². The molecule has 4 rings (SSSR count). The third-order valence-corrected chi connectivity index (χ3v) is 7.11. The number of carbonyl (C=O) groups is 2. The van der Waals surface area contributed by atoms with Crippen molar-refractivity contribution in [2.45, 2.75) is 51.9 Å². The number of allylic oxidation sites excluding steroid dienone is 2. The molecular formula is C28H32BrNO6. The van der Waals surface area contributed by atoms with Crippen molar-refractivity contribution in [1.29, 1.82) is 0 Å². The highest BCUT2D eigenvalue weighted by Gasteiger charge is 2.39. The maximum atomic E-state index is 13.6. The van der Waals surface area contributed by atoms with Crippen molar-refractivity contribution in [3.63, 3.8) is 0 Å². The van der Waals surface area contributed by atoms with E-state index in [2.05, 4.69) is 21.2 Å². The SMILES string of the molecule is CCOc1ccc(C2CC(=O)C3=C(C2)NC(=O)CC3c2cc(Br)c(OCC)c(OCC)c2)cc1OC. The fourth-order valence-corrected chi connectivity index (χ4v) is 5.60. The monoisotopic (exact) mass is 557 g/mol. The van der Waals surface area contributed by atoms with E-state index in [1.807, 2.05) is 51.1 Å². The number of nitrogens with one attached hydrogen (secondary N) is 1. The van der Waals surface area contributed by atoms with Crippen molar-refractivity contribution in [2.24, 2.45) is 0 Å². The zero-order valence-electron chi connectivity index (χ0n) is 21.1. The van der Waals surface area contributed by atoms with Gasteiger partial charge in [0.2, 0.25) is 5.91 Å². The Morgan fingerprint density at radius 3 is 2.25 bits per heavy atom. The normalized spacial score (nSPS) is 19.5. The number of rotatable bonds is 9. The minimum Gasteiger partial charge on any atom is -0.493 e. The molecule has 2 aromatic carbocycles. The maximum absolute atomic E-state index is 13.6. The average molecular weight is 558 g/mol. The topological polar surface area (TPSA) is 83.1 Å². The smallest absolute Gasteiger partial charge is 0.225 e. The highest BCUT2D eigenvalue weighted by atomic mass is 79.9. The zero-order valence-corrected chi connectivity index (χ0v) is 22.7. The molecule has 8 heteroatoms. The molecule has 0 aromatic heterocycles. The summed E-state index contributed by atoms with van der Waals surface area (Å²) in [5.74, 6) is 2.06. The van der Waals surface area contributed by atoms with Crippen molar-refractivity contribution < 1.29 is 28.5 Å². The Morgan fingerprint density at radius 1 is 0.861 bits per heavy atom. The van der Waals surface area contributed by atoms with Crippen molar-refractivity contribution in [1.82, 2.24) is 5.32 Å². The van der Waals surface area contributed by atoms with Gasteiger partial charge in [0, 0.05) is 30.0 Å². The van der Waals surface area contributed by atoms with Crippen LogP contribution in [0, 0.1) is 0 Å². The molecule has 0 radical (unpaired) electrons. The third kappa shape index (κ3) is 5.24. The maximum Gasteiger partial charge on any atom is 0.225 e. The summed E-state index contributed by atoms with van der Waals surface area (Å²) in [5, 5.41) is 2.99. The fourth-order valence-electron chi connectivity index (χ4n) is 5.03. The first kappa shape index (κ1) is 26.1. The van der Waals surface area contributed by atoms with Gasteiger partial charge in [-0.15, -0.1) is 0 Å². The summed E-state index contributed by atoms with van der Waals surface area (Å²) in [5.41, 5.74) is 3.22. The Hall–Kier alpha value is -3.00. The van der Waals surface area contributed by atoms with E-state index in [1.54, 1.807) is 7.11 Å². The number of ether oxygens (including phenoxy) is 4. The van der Waals surface area contributed by atoms with E-state index in [0.717, 1.165) is 15.6 Å². The van der Waals surface area contributed by atoms with E-state index in [0.29, 0.717) is 66.9 Å². The second-order valence-electron chi connectivity index (χ2n) is 8.76. The number of hydrogen-bond donors (Lipinski definition) is 1. The minimum atomic E-state index is -0.344. The molecule has 1 amide bonds. The summed E-state index contributed by atoms with van der Waals surface area (Å²) >= 11 is 3.60. The van der Waals surface area contributed by atoms with E-state index in [9.17, 15) is 9.59 Å².